The average molecular weight is 450 g/mol. The van der Waals surface area contributed by atoms with Gasteiger partial charge in [0, 0.05) is 25.1 Å². The first-order valence-corrected chi connectivity index (χ1v) is 11.8. The van der Waals surface area contributed by atoms with Crippen LogP contribution in [0.25, 0.3) is 0 Å². The Hall–Kier alpha value is -3.06. The Bertz CT molecular complexity index is 1170. The summed E-state index contributed by atoms with van der Waals surface area (Å²) < 4.78 is 7.47. The topological polar surface area (TPSA) is 73.2 Å². The number of hydrogen-bond donors (Lipinski definition) is 1. The molecule has 2 heterocycles. The van der Waals surface area contributed by atoms with Crippen molar-refractivity contribution in [1.29, 1.82) is 0 Å². The number of fused-ring (bicyclic) bond motifs is 1. The number of hydrogen-bond acceptors (Lipinski definition) is 5. The quantitative estimate of drug-likeness (QED) is 0.420. The van der Waals surface area contributed by atoms with Crippen LogP contribution in [0.2, 0.25) is 0 Å². The minimum absolute atomic E-state index is 0.107. The summed E-state index contributed by atoms with van der Waals surface area (Å²) in [5, 5.41) is 3.48. The lowest BCUT2D eigenvalue weighted by Crippen LogP contribution is -2.33. The summed E-state index contributed by atoms with van der Waals surface area (Å²) in [7, 11) is 1.84. The minimum Gasteiger partial charge on any atom is -0.494 e. The Labute approximate surface area is 192 Å². The molecule has 0 fully saturated rings. The lowest BCUT2D eigenvalue weighted by atomic mass is 9.87. The number of thioether (sulfide) groups is 1. The SMILES string of the molecule is CCCOc1ccc([C@@H]2CC(=O)Nc3c2c(=O)nc(SCc2ccc(C)cc2)n3C)cc1. The Balaban J connectivity index is 1.63. The number of carbonyl (C=O) groups excluding carboxylic acids is 1. The molecule has 1 amide bonds. The van der Waals surface area contributed by atoms with Crippen LogP contribution in [0.1, 0.15) is 47.9 Å². The number of carbonyl (C=O) groups is 1. The minimum atomic E-state index is -0.332. The molecular weight excluding hydrogens is 422 g/mol. The van der Waals surface area contributed by atoms with Crippen LogP contribution in [0.4, 0.5) is 5.82 Å². The average Bonchev–Trinajstić information content (AvgIpc) is 2.80. The normalized spacial score (nSPS) is 15.2. The van der Waals surface area contributed by atoms with Crippen molar-refractivity contribution in [3.63, 3.8) is 0 Å². The van der Waals surface area contributed by atoms with Gasteiger partial charge in [0.25, 0.3) is 5.56 Å². The number of anilines is 1. The highest BCUT2D eigenvalue weighted by Crippen LogP contribution is 2.36. The third-order valence-electron chi connectivity index (χ3n) is 5.54. The van der Waals surface area contributed by atoms with Crippen LogP contribution in [0, 0.1) is 6.92 Å². The predicted molar refractivity (Wildman–Crippen MR) is 128 cm³/mol. The number of amides is 1. The summed E-state index contributed by atoms with van der Waals surface area (Å²) in [6.45, 7) is 4.76. The number of benzene rings is 2. The zero-order valence-electron chi connectivity index (χ0n) is 18.6. The number of rotatable bonds is 7. The van der Waals surface area contributed by atoms with Crippen LogP contribution in [0.3, 0.4) is 0 Å². The van der Waals surface area contributed by atoms with Crippen molar-refractivity contribution in [3.05, 3.63) is 81.1 Å². The molecule has 0 spiro atoms. The molecule has 1 aliphatic rings. The monoisotopic (exact) mass is 449 g/mol. The van der Waals surface area contributed by atoms with Gasteiger partial charge in [-0.05, 0) is 36.6 Å². The summed E-state index contributed by atoms with van der Waals surface area (Å²) >= 11 is 1.48. The molecule has 32 heavy (non-hydrogen) atoms. The number of aromatic nitrogens is 2. The Morgan fingerprint density at radius 2 is 1.84 bits per heavy atom. The van der Waals surface area contributed by atoms with Crippen LogP contribution < -0.4 is 15.6 Å². The number of nitrogens with zero attached hydrogens (tertiary/aromatic N) is 2. The summed E-state index contributed by atoms with van der Waals surface area (Å²) in [4.78, 5) is 30.0. The third kappa shape index (κ3) is 4.72. The van der Waals surface area contributed by atoms with Gasteiger partial charge in [-0.2, -0.15) is 4.98 Å². The molecule has 0 aliphatic carbocycles. The highest BCUT2D eigenvalue weighted by Gasteiger charge is 2.32. The van der Waals surface area contributed by atoms with Crippen LogP contribution in [-0.2, 0) is 17.6 Å². The largest absolute Gasteiger partial charge is 0.494 e. The van der Waals surface area contributed by atoms with E-state index in [-0.39, 0.29) is 23.8 Å². The van der Waals surface area contributed by atoms with Crippen molar-refractivity contribution in [3.8, 4) is 5.75 Å². The van der Waals surface area contributed by atoms with Crippen LogP contribution >= 0.6 is 11.8 Å². The summed E-state index contributed by atoms with van der Waals surface area (Å²) in [5.74, 6) is 1.57. The van der Waals surface area contributed by atoms with Gasteiger partial charge in [0.05, 0.1) is 12.2 Å². The molecule has 1 aliphatic heterocycles. The maximum atomic E-state index is 13.1. The van der Waals surface area contributed by atoms with Crippen LogP contribution in [-0.4, -0.2) is 22.1 Å². The molecule has 4 rings (SSSR count). The molecule has 0 bridgehead atoms. The van der Waals surface area contributed by atoms with Gasteiger partial charge in [0.1, 0.15) is 11.6 Å². The summed E-state index contributed by atoms with van der Waals surface area (Å²) in [6.07, 6.45) is 1.15. The van der Waals surface area contributed by atoms with Crippen LogP contribution in [0.5, 0.6) is 5.75 Å². The number of aryl methyl sites for hydroxylation is 1. The first-order valence-electron chi connectivity index (χ1n) is 10.8. The van der Waals surface area contributed by atoms with E-state index in [1.807, 2.05) is 35.9 Å². The molecule has 0 saturated heterocycles. The third-order valence-corrected chi connectivity index (χ3v) is 6.65. The Morgan fingerprint density at radius 3 is 2.53 bits per heavy atom. The van der Waals surface area contributed by atoms with E-state index in [2.05, 4.69) is 48.4 Å². The van der Waals surface area contributed by atoms with E-state index in [1.165, 1.54) is 17.3 Å². The highest BCUT2D eigenvalue weighted by molar-refractivity contribution is 7.98. The van der Waals surface area contributed by atoms with Gasteiger partial charge in [-0.15, -0.1) is 0 Å². The second kappa shape index (κ2) is 9.61. The van der Waals surface area contributed by atoms with Crippen molar-refractivity contribution in [2.24, 2.45) is 7.05 Å². The fourth-order valence-electron chi connectivity index (χ4n) is 3.80. The fourth-order valence-corrected chi connectivity index (χ4v) is 4.72. The zero-order chi connectivity index (χ0) is 22.7. The maximum absolute atomic E-state index is 13.1. The molecule has 0 unspecified atom stereocenters. The smallest absolute Gasteiger partial charge is 0.279 e. The van der Waals surface area contributed by atoms with Gasteiger partial charge in [-0.25, -0.2) is 0 Å². The van der Waals surface area contributed by atoms with Gasteiger partial charge in [0.2, 0.25) is 5.91 Å². The highest BCUT2D eigenvalue weighted by atomic mass is 32.2. The number of ether oxygens (including phenoxy) is 1. The van der Waals surface area contributed by atoms with E-state index in [9.17, 15) is 9.59 Å². The van der Waals surface area contributed by atoms with E-state index in [1.54, 1.807) is 0 Å². The zero-order valence-corrected chi connectivity index (χ0v) is 19.4. The molecule has 166 valence electrons. The fraction of sp³-hybridized carbons (Fsp3) is 0.320. The van der Waals surface area contributed by atoms with Gasteiger partial charge < -0.3 is 14.6 Å². The molecule has 0 saturated carbocycles. The van der Waals surface area contributed by atoms with E-state index >= 15 is 0 Å². The van der Waals surface area contributed by atoms with Gasteiger partial charge in [-0.1, -0.05) is 60.6 Å². The molecule has 1 atom stereocenters. The van der Waals surface area contributed by atoms with Gasteiger partial charge in [0.15, 0.2) is 5.16 Å². The predicted octanol–water partition coefficient (Wildman–Crippen LogP) is 4.64. The van der Waals surface area contributed by atoms with Crippen molar-refractivity contribution < 1.29 is 9.53 Å². The number of nitrogens with one attached hydrogen (secondary N) is 1. The van der Waals surface area contributed by atoms with Crippen molar-refractivity contribution in [2.75, 3.05) is 11.9 Å². The van der Waals surface area contributed by atoms with Crippen LogP contribution in [0.15, 0.2) is 58.5 Å². The molecule has 7 heteroatoms. The molecule has 1 aromatic heterocycles. The van der Waals surface area contributed by atoms with Crippen molar-refractivity contribution >= 4 is 23.5 Å². The maximum Gasteiger partial charge on any atom is 0.279 e. The molecule has 3 aromatic rings. The van der Waals surface area contributed by atoms with E-state index < -0.39 is 0 Å². The van der Waals surface area contributed by atoms with E-state index in [4.69, 9.17) is 4.74 Å². The molecule has 2 aromatic carbocycles. The van der Waals surface area contributed by atoms with Gasteiger partial charge in [-0.3, -0.25) is 9.59 Å². The first kappa shape index (κ1) is 22.1. The lowest BCUT2D eigenvalue weighted by molar-refractivity contribution is -0.116. The standard InChI is InChI=1S/C25H27N3O3S/c1-4-13-31-19-11-9-18(10-12-19)20-14-21(29)26-23-22(20)24(30)27-25(28(23)3)32-15-17-7-5-16(2)6-8-17/h5-12,20H,4,13-15H2,1-3H3,(H,26,29)/t20-/m0/s1. The molecule has 6 nitrogen and oxygen atoms in total. The summed E-state index contributed by atoms with van der Waals surface area (Å²) in [6, 6.07) is 15.9. The lowest BCUT2D eigenvalue weighted by Gasteiger charge is -2.27. The Kier molecular flexibility index (Phi) is 6.65. The van der Waals surface area contributed by atoms with E-state index in [0.717, 1.165) is 23.3 Å². The second-order valence-electron chi connectivity index (χ2n) is 8.02. The molecular formula is C25H27N3O3S. The summed E-state index contributed by atoms with van der Waals surface area (Å²) in [5.41, 5.74) is 3.51. The molecule has 1 N–H and O–H groups in total. The van der Waals surface area contributed by atoms with E-state index in [0.29, 0.717) is 28.9 Å². The van der Waals surface area contributed by atoms with Crippen molar-refractivity contribution in [1.82, 2.24) is 9.55 Å². The Morgan fingerprint density at radius 1 is 1.12 bits per heavy atom. The van der Waals surface area contributed by atoms with Gasteiger partial charge >= 0.3 is 0 Å². The second-order valence-corrected chi connectivity index (χ2v) is 8.96. The van der Waals surface area contributed by atoms with Crippen molar-refractivity contribution in [2.45, 2.75) is 43.5 Å². The molecule has 0 radical (unpaired) electrons. The first-order chi connectivity index (χ1) is 15.5.